The van der Waals surface area contributed by atoms with E-state index in [-0.39, 0.29) is 18.5 Å². The molecule has 2 aromatic rings. The van der Waals surface area contributed by atoms with Crippen molar-refractivity contribution in [2.45, 2.75) is 59.7 Å². The minimum absolute atomic E-state index is 0.0309. The lowest BCUT2D eigenvalue weighted by Gasteiger charge is -2.32. The summed E-state index contributed by atoms with van der Waals surface area (Å²) in [5.74, 6) is -0.722. The van der Waals surface area contributed by atoms with E-state index in [0.29, 0.717) is 5.69 Å². The molecule has 0 heterocycles. The second kappa shape index (κ2) is 11.3. The van der Waals surface area contributed by atoms with Gasteiger partial charge in [-0.25, -0.2) is 8.42 Å². The first kappa shape index (κ1) is 26.4. The van der Waals surface area contributed by atoms with Crippen molar-refractivity contribution in [2.75, 3.05) is 17.1 Å². The lowest BCUT2D eigenvalue weighted by Crippen LogP contribution is -2.52. The van der Waals surface area contributed by atoms with E-state index in [1.165, 1.54) is 4.90 Å². The lowest BCUT2D eigenvalue weighted by atomic mass is 10.1. The molecule has 2 atom stereocenters. The standard InChI is InChI=1S/C25H35N3O4S/c1-7-20(4)26-25(30)21(5)27(16-22-11-9-8-10-12-22)24(29)17-28(33(6,31)32)23-14-13-18(2)19(3)15-23/h8-15,20-21H,7,16-17H2,1-6H3,(H,26,30). The highest BCUT2D eigenvalue weighted by molar-refractivity contribution is 7.92. The molecule has 8 heteroatoms. The van der Waals surface area contributed by atoms with Gasteiger partial charge in [0.15, 0.2) is 0 Å². The summed E-state index contributed by atoms with van der Waals surface area (Å²) in [6, 6.07) is 13.8. The maximum Gasteiger partial charge on any atom is 0.244 e. The van der Waals surface area contributed by atoms with Gasteiger partial charge in [-0.05, 0) is 62.9 Å². The van der Waals surface area contributed by atoms with Crippen molar-refractivity contribution >= 4 is 27.5 Å². The first-order valence-electron chi connectivity index (χ1n) is 11.1. The van der Waals surface area contributed by atoms with Crippen LogP contribution in [0.2, 0.25) is 0 Å². The maximum atomic E-state index is 13.5. The molecule has 2 aromatic carbocycles. The molecule has 0 fully saturated rings. The molecule has 2 unspecified atom stereocenters. The van der Waals surface area contributed by atoms with Crippen molar-refractivity contribution in [1.29, 1.82) is 0 Å². The van der Waals surface area contributed by atoms with Crippen LogP contribution >= 0.6 is 0 Å². The molecule has 0 spiro atoms. The Bertz CT molecular complexity index is 1070. The first-order valence-corrected chi connectivity index (χ1v) is 13.0. The average Bonchev–Trinajstić information content (AvgIpc) is 2.76. The quantitative estimate of drug-likeness (QED) is 0.573. The largest absolute Gasteiger partial charge is 0.352 e. The summed E-state index contributed by atoms with van der Waals surface area (Å²) in [5.41, 5.74) is 3.23. The molecule has 0 radical (unpaired) electrons. The fourth-order valence-electron chi connectivity index (χ4n) is 3.32. The van der Waals surface area contributed by atoms with Gasteiger partial charge < -0.3 is 10.2 Å². The number of hydrogen-bond donors (Lipinski definition) is 1. The minimum atomic E-state index is -3.73. The summed E-state index contributed by atoms with van der Waals surface area (Å²) in [6.07, 6.45) is 1.84. The third kappa shape index (κ3) is 7.32. The second-order valence-electron chi connectivity index (χ2n) is 8.54. The molecule has 0 aromatic heterocycles. The molecule has 0 saturated heterocycles. The van der Waals surface area contributed by atoms with Crippen LogP contribution in [-0.4, -0.2) is 50.0 Å². The Morgan fingerprint density at radius 3 is 2.18 bits per heavy atom. The van der Waals surface area contributed by atoms with Gasteiger partial charge >= 0.3 is 0 Å². The van der Waals surface area contributed by atoms with Gasteiger partial charge in [0, 0.05) is 12.6 Å². The Hall–Kier alpha value is -2.87. The van der Waals surface area contributed by atoms with Gasteiger partial charge in [0.1, 0.15) is 12.6 Å². The molecule has 7 nitrogen and oxygen atoms in total. The number of carbonyl (C=O) groups excluding carboxylic acids is 2. The van der Waals surface area contributed by atoms with Crippen LogP contribution in [0.5, 0.6) is 0 Å². The summed E-state index contributed by atoms with van der Waals surface area (Å²) < 4.78 is 26.3. The molecule has 180 valence electrons. The van der Waals surface area contributed by atoms with Crippen LogP contribution in [0.4, 0.5) is 5.69 Å². The second-order valence-corrected chi connectivity index (χ2v) is 10.4. The molecular formula is C25H35N3O4S. The lowest BCUT2D eigenvalue weighted by molar-refractivity contribution is -0.139. The first-order chi connectivity index (χ1) is 15.4. The Balaban J connectivity index is 2.38. The number of anilines is 1. The molecule has 1 N–H and O–H groups in total. The molecule has 0 aliphatic carbocycles. The van der Waals surface area contributed by atoms with Crippen molar-refractivity contribution < 1.29 is 18.0 Å². The Morgan fingerprint density at radius 2 is 1.64 bits per heavy atom. The van der Waals surface area contributed by atoms with Gasteiger partial charge in [-0.15, -0.1) is 0 Å². The maximum absolute atomic E-state index is 13.5. The van der Waals surface area contributed by atoms with E-state index in [1.54, 1.807) is 19.1 Å². The van der Waals surface area contributed by atoms with Crippen LogP contribution < -0.4 is 9.62 Å². The Kier molecular flexibility index (Phi) is 9.05. The smallest absolute Gasteiger partial charge is 0.244 e. The van der Waals surface area contributed by atoms with Gasteiger partial charge in [0.25, 0.3) is 0 Å². The molecule has 0 bridgehead atoms. The summed E-state index contributed by atoms with van der Waals surface area (Å²) in [6.45, 7) is 9.17. The van der Waals surface area contributed by atoms with Crippen LogP contribution in [-0.2, 0) is 26.2 Å². The number of hydrogen-bond acceptors (Lipinski definition) is 4. The summed E-state index contributed by atoms with van der Waals surface area (Å²) in [4.78, 5) is 27.8. The average molecular weight is 474 g/mol. The summed E-state index contributed by atoms with van der Waals surface area (Å²) in [5, 5.41) is 2.91. The summed E-state index contributed by atoms with van der Waals surface area (Å²) >= 11 is 0. The molecule has 33 heavy (non-hydrogen) atoms. The van der Waals surface area contributed by atoms with Crippen LogP contribution in [0.25, 0.3) is 0 Å². The fourth-order valence-corrected chi connectivity index (χ4v) is 4.16. The van der Waals surface area contributed by atoms with Crippen molar-refractivity contribution in [3.8, 4) is 0 Å². The molecular weight excluding hydrogens is 438 g/mol. The minimum Gasteiger partial charge on any atom is -0.352 e. The SMILES string of the molecule is CCC(C)NC(=O)C(C)N(Cc1ccccc1)C(=O)CN(c1ccc(C)c(C)c1)S(C)(=O)=O. The number of sulfonamides is 1. The van der Waals surface area contributed by atoms with Gasteiger partial charge in [-0.2, -0.15) is 0 Å². The van der Waals surface area contributed by atoms with E-state index in [9.17, 15) is 18.0 Å². The number of amides is 2. The van der Waals surface area contributed by atoms with Crippen LogP contribution in [0, 0.1) is 13.8 Å². The molecule has 2 amide bonds. The third-order valence-electron chi connectivity index (χ3n) is 5.82. The Labute approximate surface area is 197 Å². The highest BCUT2D eigenvalue weighted by atomic mass is 32.2. The monoisotopic (exact) mass is 473 g/mol. The highest BCUT2D eigenvalue weighted by Gasteiger charge is 2.30. The molecule has 0 saturated carbocycles. The van der Waals surface area contributed by atoms with Crippen molar-refractivity contribution in [3.63, 3.8) is 0 Å². The fraction of sp³-hybridized carbons (Fsp3) is 0.440. The number of aryl methyl sites for hydroxylation is 2. The van der Waals surface area contributed by atoms with Crippen molar-refractivity contribution in [3.05, 3.63) is 65.2 Å². The number of nitrogens with one attached hydrogen (secondary N) is 1. The Morgan fingerprint density at radius 1 is 1.00 bits per heavy atom. The predicted octanol–water partition coefficient (Wildman–Crippen LogP) is 3.40. The van der Waals surface area contributed by atoms with Crippen LogP contribution in [0.3, 0.4) is 0 Å². The number of nitrogens with zero attached hydrogens (tertiary/aromatic N) is 2. The number of benzene rings is 2. The van der Waals surface area contributed by atoms with E-state index < -0.39 is 28.5 Å². The van der Waals surface area contributed by atoms with Crippen molar-refractivity contribution in [1.82, 2.24) is 10.2 Å². The van der Waals surface area contributed by atoms with E-state index in [4.69, 9.17) is 0 Å². The van der Waals surface area contributed by atoms with E-state index in [2.05, 4.69) is 5.32 Å². The topological polar surface area (TPSA) is 86.8 Å². The number of carbonyl (C=O) groups is 2. The zero-order valence-corrected chi connectivity index (χ0v) is 21.1. The molecule has 0 aliphatic rings. The van der Waals surface area contributed by atoms with Gasteiger partial charge in [-0.3, -0.25) is 13.9 Å². The van der Waals surface area contributed by atoms with Crippen LogP contribution in [0.1, 0.15) is 43.9 Å². The van der Waals surface area contributed by atoms with E-state index >= 15 is 0 Å². The normalized spacial score (nSPS) is 13.2. The van der Waals surface area contributed by atoms with Crippen molar-refractivity contribution in [2.24, 2.45) is 0 Å². The molecule has 2 rings (SSSR count). The van der Waals surface area contributed by atoms with Gasteiger partial charge in [0.05, 0.1) is 11.9 Å². The zero-order valence-electron chi connectivity index (χ0n) is 20.3. The highest BCUT2D eigenvalue weighted by Crippen LogP contribution is 2.22. The predicted molar refractivity (Wildman–Crippen MR) is 132 cm³/mol. The van der Waals surface area contributed by atoms with Gasteiger partial charge in [-0.1, -0.05) is 43.3 Å². The van der Waals surface area contributed by atoms with Gasteiger partial charge in [0.2, 0.25) is 21.8 Å². The third-order valence-corrected chi connectivity index (χ3v) is 6.96. The zero-order chi connectivity index (χ0) is 24.8. The van der Waals surface area contributed by atoms with Crippen LogP contribution in [0.15, 0.2) is 48.5 Å². The molecule has 0 aliphatic heterocycles. The van der Waals surface area contributed by atoms with E-state index in [1.807, 2.05) is 64.1 Å². The van der Waals surface area contributed by atoms with E-state index in [0.717, 1.165) is 33.7 Å². The number of rotatable bonds is 10. The summed E-state index contributed by atoms with van der Waals surface area (Å²) in [7, 11) is -3.73.